The van der Waals surface area contributed by atoms with Crippen molar-refractivity contribution in [2.75, 3.05) is 13.1 Å². The van der Waals surface area contributed by atoms with E-state index in [1.807, 2.05) is 6.92 Å². The summed E-state index contributed by atoms with van der Waals surface area (Å²) in [5, 5.41) is 11.4. The Labute approximate surface area is 99.7 Å². The first-order valence-electron chi connectivity index (χ1n) is 5.39. The number of carbonyl (C=O) groups excluding carboxylic acids is 1. The number of rotatable bonds is 5. The average molecular weight is 239 g/mol. The van der Waals surface area contributed by atoms with Gasteiger partial charge < -0.3 is 20.3 Å². The predicted octanol–water partition coefficient (Wildman–Crippen LogP) is 1.19. The third kappa shape index (κ3) is 3.24. The van der Waals surface area contributed by atoms with Crippen LogP contribution in [-0.4, -0.2) is 34.9 Å². The Morgan fingerprint density at radius 3 is 2.82 bits per heavy atom. The molecule has 1 heterocycles. The minimum atomic E-state index is -0.249. The van der Waals surface area contributed by atoms with Gasteiger partial charge in [0.2, 0.25) is 0 Å². The predicted molar refractivity (Wildman–Crippen MR) is 63.0 cm³/mol. The highest BCUT2D eigenvalue weighted by molar-refractivity contribution is 5.95. The van der Waals surface area contributed by atoms with Gasteiger partial charge in [0.1, 0.15) is 0 Å². The van der Waals surface area contributed by atoms with Gasteiger partial charge in [-0.05, 0) is 19.4 Å². The topological polar surface area (TPSA) is 92.1 Å². The molecule has 3 N–H and O–H groups in total. The Morgan fingerprint density at radius 2 is 2.35 bits per heavy atom. The molecule has 6 heteroatoms. The van der Waals surface area contributed by atoms with Gasteiger partial charge in [0, 0.05) is 12.1 Å². The van der Waals surface area contributed by atoms with Crippen LogP contribution >= 0.6 is 0 Å². The van der Waals surface area contributed by atoms with Crippen LogP contribution in [0.15, 0.2) is 21.9 Å². The third-order valence-electron chi connectivity index (χ3n) is 2.32. The molecule has 1 rings (SSSR count). The summed E-state index contributed by atoms with van der Waals surface area (Å²) < 4.78 is 5.13. The highest BCUT2D eigenvalue weighted by Gasteiger charge is 2.20. The van der Waals surface area contributed by atoms with Crippen LogP contribution < -0.4 is 5.73 Å². The molecule has 0 spiro atoms. The Hall–Kier alpha value is -1.98. The summed E-state index contributed by atoms with van der Waals surface area (Å²) >= 11 is 0. The molecule has 0 fully saturated rings. The molecule has 0 aliphatic heterocycles. The van der Waals surface area contributed by atoms with Gasteiger partial charge in [0.05, 0.1) is 12.8 Å². The van der Waals surface area contributed by atoms with Gasteiger partial charge in [-0.2, -0.15) is 0 Å². The summed E-state index contributed by atoms with van der Waals surface area (Å²) in [5.74, 6) is 0.0427. The molecule has 94 valence electrons. The fourth-order valence-corrected chi connectivity index (χ4v) is 1.48. The molecule has 0 unspecified atom stereocenters. The van der Waals surface area contributed by atoms with Gasteiger partial charge in [0.15, 0.2) is 11.6 Å². The van der Waals surface area contributed by atoms with Crippen molar-refractivity contribution in [3.05, 3.63) is 23.7 Å². The standard InChI is InChI=1S/C11H17N3O3/c1-3-5-14(7-9(12)13-16)11(15)10-8(2)4-6-17-10/h4,6,16H,3,5,7H2,1-2H3,(H2,12,13). The summed E-state index contributed by atoms with van der Waals surface area (Å²) in [7, 11) is 0. The molecular formula is C11H17N3O3. The number of amidine groups is 1. The van der Waals surface area contributed by atoms with Crippen molar-refractivity contribution < 1.29 is 14.4 Å². The first-order chi connectivity index (χ1) is 8.10. The molecule has 1 amide bonds. The first-order valence-corrected chi connectivity index (χ1v) is 5.39. The van der Waals surface area contributed by atoms with Crippen LogP contribution in [0.5, 0.6) is 0 Å². The average Bonchev–Trinajstić information content (AvgIpc) is 2.73. The van der Waals surface area contributed by atoms with Gasteiger partial charge in [-0.15, -0.1) is 0 Å². The van der Waals surface area contributed by atoms with Crippen LogP contribution in [0.2, 0.25) is 0 Å². The van der Waals surface area contributed by atoms with E-state index in [2.05, 4.69) is 5.16 Å². The fraction of sp³-hybridized carbons (Fsp3) is 0.455. The largest absolute Gasteiger partial charge is 0.459 e. The van der Waals surface area contributed by atoms with E-state index in [1.165, 1.54) is 11.2 Å². The molecule has 0 saturated carbocycles. The highest BCUT2D eigenvalue weighted by Crippen LogP contribution is 2.12. The first kappa shape index (κ1) is 13.1. The van der Waals surface area contributed by atoms with Crippen molar-refractivity contribution in [2.45, 2.75) is 20.3 Å². The maximum Gasteiger partial charge on any atom is 0.290 e. The Bertz CT molecular complexity index is 412. The van der Waals surface area contributed by atoms with E-state index in [4.69, 9.17) is 15.4 Å². The van der Waals surface area contributed by atoms with E-state index >= 15 is 0 Å². The van der Waals surface area contributed by atoms with Gasteiger partial charge in [-0.3, -0.25) is 4.79 Å². The molecule has 0 aliphatic rings. The molecule has 0 aliphatic carbocycles. The van der Waals surface area contributed by atoms with Crippen molar-refractivity contribution in [2.24, 2.45) is 10.9 Å². The monoisotopic (exact) mass is 239 g/mol. The zero-order valence-corrected chi connectivity index (χ0v) is 10.0. The van der Waals surface area contributed by atoms with E-state index in [0.29, 0.717) is 12.3 Å². The van der Waals surface area contributed by atoms with Crippen molar-refractivity contribution in [1.29, 1.82) is 0 Å². The summed E-state index contributed by atoms with van der Waals surface area (Å²) in [5.41, 5.74) is 6.18. The molecule has 17 heavy (non-hydrogen) atoms. The number of amides is 1. The van der Waals surface area contributed by atoms with Crippen molar-refractivity contribution in [3.8, 4) is 0 Å². The molecule has 0 radical (unpaired) electrons. The fourth-order valence-electron chi connectivity index (χ4n) is 1.48. The smallest absolute Gasteiger partial charge is 0.290 e. The minimum Gasteiger partial charge on any atom is -0.459 e. The van der Waals surface area contributed by atoms with E-state index in [0.717, 1.165) is 12.0 Å². The highest BCUT2D eigenvalue weighted by atomic mass is 16.4. The van der Waals surface area contributed by atoms with Crippen molar-refractivity contribution in [1.82, 2.24) is 4.90 Å². The quantitative estimate of drug-likeness (QED) is 0.349. The lowest BCUT2D eigenvalue weighted by Gasteiger charge is -2.20. The number of hydrogen-bond acceptors (Lipinski definition) is 4. The molecule has 6 nitrogen and oxygen atoms in total. The number of nitrogens with zero attached hydrogens (tertiary/aromatic N) is 2. The van der Waals surface area contributed by atoms with Crippen LogP contribution in [0.4, 0.5) is 0 Å². The number of furan rings is 1. The van der Waals surface area contributed by atoms with Crippen LogP contribution in [0, 0.1) is 6.92 Å². The maximum absolute atomic E-state index is 12.1. The Balaban J connectivity index is 2.84. The lowest BCUT2D eigenvalue weighted by atomic mass is 10.2. The van der Waals surface area contributed by atoms with E-state index < -0.39 is 0 Å². The third-order valence-corrected chi connectivity index (χ3v) is 2.32. The normalized spacial score (nSPS) is 11.5. The number of oxime groups is 1. The zero-order valence-electron chi connectivity index (χ0n) is 10.0. The van der Waals surface area contributed by atoms with Gasteiger partial charge >= 0.3 is 0 Å². The second kappa shape index (κ2) is 5.93. The van der Waals surface area contributed by atoms with Crippen LogP contribution in [-0.2, 0) is 0 Å². The summed E-state index contributed by atoms with van der Waals surface area (Å²) in [6, 6.07) is 1.72. The Morgan fingerprint density at radius 1 is 1.65 bits per heavy atom. The molecular weight excluding hydrogens is 222 g/mol. The summed E-state index contributed by atoms with van der Waals surface area (Å²) in [4.78, 5) is 13.6. The molecule has 0 bridgehead atoms. The summed E-state index contributed by atoms with van der Waals surface area (Å²) in [6.45, 7) is 4.35. The molecule has 1 aromatic heterocycles. The molecule has 1 aromatic rings. The number of hydrogen-bond donors (Lipinski definition) is 2. The SMILES string of the molecule is CCCN(CC(N)=NO)C(=O)c1occc1C. The maximum atomic E-state index is 12.1. The molecule has 0 saturated heterocycles. The second-order valence-electron chi connectivity index (χ2n) is 3.75. The van der Waals surface area contributed by atoms with Crippen LogP contribution in [0.3, 0.4) is 0 Å². The van der Waals surface area contributed by atoms with E-state index in [-0.39, 0.29) is 18.3 Å². The minimum absolute atomic E-state index is 0.00370. The van der Waals surface area contributed by atoms with E-state index in [9.17, 15) is 4.79 Å². The van der Waals surface area contributed by atoms with Gasteiger partial charge in [0.25, 0.3) is 5.91 Å². The summed E-state index contributed by atoms with van der Waals surface area (Å²) in [6.07, 6.45) is 2.25. The Kier molecular flexibility index (Phi) is 4.56. The van der Waals surface area contributed by atoms with Crippen LogP contribution in [0.1, 0.15) is 29.5 Å². The lowest BCUT2D eigenvalue weighted by Crippen LogP contribution is -2.39. The zero-order chi connectivity index (χ0) is 12.8. The van der Waals surface area contributed by atoms with Gasteiger partial charge in [-0.1, -0.05) is 12.1 Å². The molecule has 0 aromatic carbocycles. The van der Waals surface area contributed by atoms with Crippen LogP contribution in [0.25, 0.3) is 0 Å². The number of carbonyl (C=O) groups is 1. The second-order valence-corrected chi connectivity index (χ2v) is 3.75. The number of nitrogens with two attached hydrogens (primary N) is 1. The van der Waals surface area contributed by atoms with Gasteiger partial charge in [-0.25, -0.2) is 0 Å². The van der Waals surface area contributed by atoms with Crippen molar-refractivity contribution in [3.63, 3.8) is 0 Å². The molecule has 0 atom stereocenters. The number of aryl methyl sites for hydroxylation is 1. The van der Waals surface area contributed by atoms with Crippen molar-refractivity contribution >= 4 is 11.7 Å². The van der Waals surface area contributed by atoms with E-state index in [1.54, 1.807) is 13.0 Å². The lowest BCUT2D eigenvalue weighted by molar-refractivity contribution is 0.0745.